The van der Waals surface area contributed by atoms with Gasteiger partial charge in [-0.3, -0.25) is 4.79 Å². The summed E-state index contributed by atoms with van der Waals surface area (Å²) < 4.78 is 0. The Balaban J connectivity index is 3.21. The van der Waals surface area contributed by atoms with Crippen LogP contribution in [0.15, 0.2) is 29.8 Å². The average Bonchev–Trinajstić information content (AvgIpc) is 2.38. The van der Waals surface area contributed by atoms with Crippen molar-refractivity contribution >= 4 is 11.5 Å². The first-order valence-corrected chi connectivity index (χ1v) is 5.65. The number of ketones is 1. The van der Waals surface area contributed by atoms with E-state index in [1.54, 1.807) is 31.2 Å². The minimum absolute atomic E-state index is 0.117. The van der Waals surface area contributed by atoms with E-state index in [1.165, 1.54) is 14.0 Å². The number of aliphatic hydroxyl groups is 1. The smallest absolute Gasteiger partial charge is 0.162 e. The largest absolute Gasteiger partial charge is 0.507 e. The van der Waals surface area contributed by atoms with E-state index in [0.29, 0.717) is 11.1 Å². The number of nitrogens with zero attached hydrogens (tertiary/aromatic N) is 1. The average molecular weight is 261 g/mol. The van der Waals surface area contributed by atoms with Crippen molar-refractivity contribution in [3.8, 4) is 6.07 Å². The van der Waals surface area contributed by atoms with Gasteiger partial charge in [0.1, 0.15) is 11.9 Å². The summed E-state index contributed by atoms with van der Waals surface area (Å²) >= 11 is 0. The summed E-state index contributed by atoms with van der Waals surface area (Å²) in [6.07, 6.45) is -0.696. The van der Waals surface area contributed by atoms with Crippen LogP contribution in [0, 0.1) is 11.3 Å². The molecule has 1 aromatic rings. The molecule has 0 radical (unpaired) electrons. The van der Waals surface area contributed by atoms with Crippen molar-refractivity contribution in [2.75, 3.05) is 7.11 Å². The summed E-state index contributed by atoms with van der Waals surface area (Å²) in [6, 6.07) is 8.23. The second kappa shape index (κ2) is 6.69. The van der Waals surface area contributed by atoms with E-state index >= 15 is 0 Å². The third kappa shape index (κ3) is 3.65. The molecule has 0 amide bonds. The van der Waals surface area contributed by atoms with Crippen LogP contribution >= 0.6 is 0 Å². The van der Waals surface area contributed by atoms with Crippen LogP contribution in [0.25, 0.3) is 5.76 Å². The lowest BCUT2D eigenvalue weighted by Crippen LogP contribution is -2.18. The Labute approximate surface area is 111 Å². The van der Waals surface area contributed by atoms with Gasteiger partial charge in [-0.25, -0.2) is 9.78 Å². The second-order valence-electron chi connectivity index (χ2n) is 3.91. The zero-order valence-corrected chi connectivity index (χ0v) is 11.0. The van der Waals surface area contributed by atoms with Crippen LogP contribution in [-0.2, 0) is 14.6 Å². The molecule has 5 heteroatoms. The summed E-state index contributed by atoms with van der Waals surface area (Å²) in [5, 5.41) is 18.9. The minimum atomic E-state index is -0.696. The zero-order chi connectivity index (χ0) is 14.4. The molecule has 0 heterocycles. The molecule has 1 N–H and O–H groups in total. The first-order valence-electron chi connectivity index (χ1n) is 5.65. The van der Waals surface area contributed by atoms with Crippen LogP contribution in [0.5, 0.6) is 0 Å². The van der Waals surface area contributed by atoms with Gasteiger partial charge in [0.2, 0.25) is 0 Å². The fourth-order valence-corrected chi connectivity index (χ4v) is 1.70. The molecule has 0 spiro atoms. The van der Waals surface area contributed by atoms with E-state index in [4.69, 9.17) is 10.1 Å². The molecule has 0 aliphatic carbocycles. The van der Waals surface area contributed by atoms with Gasteiger partial charge in [-0.1, -0.05) is 0 Å². The van der Waals surface area contributed by atoms with Crippen molar-refractivity contribution in [1.82, 2.24) is 0 Å². The lowest BCUT2D eigenvalue weighted by Gasteiger charge is -2.14. The van der Waals surface area contributed by atoms with Gasteiger partial charge in [0.05, 0.1) is 24.3 Å². The number of hydrogen-bond acceptors (Lipinski definition) is 5. The molecule has 0 fully saturated rings. The minimum Gasteiger partial charge on any atom is -0.507 e. The van der Waals surface area contributed by atoms with Crippen LogP contribution in [0.4, 0.5) is 0 Å². The summed E-state index contributed by atoms with van der Waals surface area (Å²) in [7, 11) is 1.33. The lowest BCUT2D eigenvalue weighted by molar-refractivity contribution is -0.291. The highest BCUT2D eigenvalue weighted by Crippen LogP contribution is 2.21. The van der Waals surface area contributed by atoms with Gasteiger partial charge in [-0.15, -0.1) is 0 Å². The lowest BCUT2D eigenvalue weighted by atomic mass is 10.0. The number of nitriles is 1. The number of benzene rings is 1. The van der Waals surface area contributed by atoms with E-state index in [0.717, 1.165) is 0 Å². The second-order valence-corrected chi connectivity index (χ2v) is 3.91. The molecule has 0 saturated carbocycles. The molecular weight excluding hydrogens is 246 g/mol. The predicted octanol–water partition coefficient (Wildman–Crippen LogP) is 2.38. The maximum atomic E-state index is 11.6. The number of carbonyl (C=O) groups is 1. The molecule has 1 rings (SSSR count). The highest BCUT2D eigenvalue weighted by Gasteiger charge is 2.21. The fraction of sp³-hybridized carbons (Fsp3) is 0.286. The van der Waals surface area contributed by atoms with Crippen molar-refractivity contribution in [3.05, 3.63) is 41.0 Å². The Hall–Kier alpha value is -2.16. The first-order chi connectivity index (χ1) is 9.01. The van der Waals surface area contributed by atoms with Crippen molar-refractivity contribution in [2.45, 2.75) is 20.0 Å². The SMILES string of the molecule is COOC(C)C(C(C)=O)=C(O)c1ccc(C#N)cc1. The van der Waals surface area contributed by atoms with Gasteiger partial charge in [0.15, 0.2) is 5.78 Å². The third-order valence-corrected chi connectivity index (χ3v) is 2.57. The predicted molar refractivity (Wildman–Crippen MR) is 68.9 cm³/mol. The van der Waals surface area contributed by atoms with Crippen molar-refractivity contribution in [3.63, 3.8) is 0 Å². The number of aliphatic hydroxyl groups excluding tert-OH is 1. The van der Waals surface area contributed by atoms with Crippen molar-refractivity contribution in [1.29, 1.82) is 5.26 Å². The van der Waals surface area contributed by atoms with Gasteiger partial charge >= 0.3 is 0 Å². The van der Waals surface area contributed by atoms with Crippen molar-refractivity contribution in [2.24, 2.45) is 0 Å². The molecule has 0 aliphatic heterocycles. The van der Waals surface area contributed by atoms with Crippen LogP contribution < -0.4 is 0 Å². The number of Topliss-reactive ketones (excluding diaryl/α,β-unsaturated/α-hetero) is 1. The van der Waals surface area contributed by atoms with Gasteiger partial charge < -0.3 is 5.11 Å². The molecule has 1 aromatic carbocycles. The molecule has 1 atom stereocenters. The van der Waals surface area contributed by atoms with E-state index in [-0.39, 0.29) is 17.1 Å². The van der Waals surface area contributed by atoms with Crippen molar-refractivity contribution < 1.29 is 19.7 Å². The summed E-state index contributed by atoms with van der Waals surface area (Å²) in [5.74, 6) is -0.493. The number of carbonyl (C=O) groups excluding carboxylic acids is 1. The Morgan fingerprint density at radius 3 is 2.37 bits per heavy atom. The molecule has 0 aromatic heterocycles. The topological polar surface area (TPSA) is 79.6 Å². The molecular formula is C14H15NO4. The molecule has 19 heavy (non-hydrogen) atoms. The Kier molecular flexibility index (Phi) is 5.24. The third-order valence-electron chi connectivity index (χ3n) is 2.57. The molecule has 100 valence electrons. The highest BCUT2D eigenvalue weighted by atomic mass is 17.2. The normalized spacial score (nSPS) is 13.4. The van der Waals surface area contributed by atoms with Crippen LogP contribution in [0.1, 0.15) is 25.0 Å². The van der Waals surface area contributed by atoms with Gasteiger partial charge in [0.25, 0.3) is 0 Å². The molecule has 1 unspecified atom stereocenters. The van der Waals surface area contributed by atoms with E-state index in [2.05, 4.69) is 4.89 Å². The van der Waals surface area contributed by atoms with Crippen LogP contribution in [0.3, 0.4) is 0 Å². The van der Waals surface area contributed by atoms with E-state index < -0.39 is 6.10 Å². The maximum Gasteiger partial charge on any atom is 0.162 e. The quantitative estimate of drug-likeness (QED) is 0.381. The van der Waals surface area contributed by atoms with Crippen LogP contribution in [-0.4, -0.2) is 24.1 Å². The first kappa shape index (κ1) is 14.9. The molecule has 0 bridgehead atoms. The van der Waals surface area contributed by atoms with E-state index in [9.17, 15) is 9.90 Å². The molecule has 0 saturated heterocycles. The van der Waals surface area contributed by atoms with Gasteiger partial charge in [0, 0.05) is 5.56 Å². The monoisotopic (exact) mass is 261 g/mol. The Morgan fingerprint density at radius 1 is 1.37 bits per heavy atom. The van der Waals surface area contributed by atoms with Crippen LogP contribution in [0.2, 0.25) is 0 Å². The van der Waals surface area contributed by atoms with E-state index in [1.807, 2.05) is 6.07 Å². The van der Waals surface area contributed by atoms with Gasteiger partial charge in [-0.05, 0) is 38.1 Å². The summed E-state index contributed by atoms with van der Waals surface area (Å²) in [5.41, 5.74) is 1.03. The summed E-state index contributed by atoms with van der Waals surface area (Å²) in [6.45, 7) is 2.94. The van der Waals surface area contributed by atoms with Gasteiger partial charge in [-0.2, -0.15) is 5.26 Å². The zero-order valence-electron chi connectivity index (χ0n) is 11.0. The molecule has 0 aliphatic rings. The maximum absolute atomic E-state index is 11.6. The Morgan fingerprint density at radius 2 is 1.95 bits per heavy atom. The molecule has 5 nitrogen and oxygen atoms in total. The number of rotatable bonds is 5. The Bertz CT molecular complexity index is 525. The fourth-order valence-electron chi connectivity index (χ4n) is 1.70. The summed E-state index contributed by atoms with van der Waals surface area (Å²) in [4.78, 5) is 21.0. The standard InChI is InChI=1S/C14H15NO4/c1-9(16)13(10(2)19-18-3)14(17)12-6-4-11(8-15)5-7-12/h4-7,10,17H,1-3H3. The highest BCUT2D eigenvalue weighted by molar-refractivity contribution is 6.00. The number of hydrogen-bond donors (Lipinski definition) is 1.